The molecule has 1 saturated heterocycles. The molecule has 2 heterocycles. The first-order valence-corrected chi connectivity index (χ1v) is 8.07. The summed E-state index contributed by atoms with van der Waals surface area (Å²) < 4.78 is 1.83. The van der Waals surface area contributed by atoms with Crippen molar-refractivity contribution in [1.29, 1.82) is 0 Å². The maximum Gasteiger partial charge on any atom is 0.244 e. The van der Waals surface area contributed by atoms with Crippen molar-refractivity contribution < 1.29 is 4.79 Å². The fraction of sp³-hybridized carbons (Fsp3) is 0.444. The largest absolute Gasteiger partial charge is 0.310 e. The first-order chi connectivity index (χ1) is 11.0. The fourth-order valence-electron chi connectivity index (χ4n) is 3.49. The predicted molar refractivity (Wildman–Crippen MR) is 91.5 cm³/mol. The van der Waals surface area contributed by atoms with Gasteiger partial charge in [0.1, 0.15) is 0 Å². The number of amides is 1. The van der Waals surface area contributed by atoms with Crippen molar-refractivity contribution in [3.05, 3.63) is 46.8 Å². The Balaban J connectivity index is 1.73. The van der Waals surface area contributed by atoms with E-state index in [-0.39, 0.29) is 11.9 Å². The Morgan fingerprint density at radius 1 is 1.26 bits per heavy atom. The Morgan fingerprint density at radius 3 is 2.57 bits per heavy atom. The van der Waals surface area contributed by atoms with Gasteiger partial charge in [-0.15, -0.1) is 0 Å². The van der Waals surface area contributed by atoms with Gasteiger partial charge in [0.25, 0.3) is 0 Å². The molecule has 1 aliphatic heterocycles. The summed E-state index contributed by atoms with van der Waals surface area (Å²) in [6, 6.07) is 6.14. The Kier molecular flexibility index (Phi) is 4.22. The maximum absolute atomic E-state index is 12.8. The monoisotopic (exact) mass is 312 g/mol. The molecular formula is C18H24N4O. The molecule has 0 spiro atoms. The van der Waals surface area contributed by atoms with E-state index in [4.69, 9.17) is 0 Å². The SMILES string of the molecule is Cc1cc(C)c(N2CCC(NCc3ccnn3C)C2=O)c(C)c1. The summed E-state index contributed by atoms with van der Waals surface area (Å²) in [7, 11) is 1.92. The molecule has 5 nitrogen and oxygen atoms in total. The van der Waals surface area contributed by atoms with Crippen LogP contribution in [0.2, 0.25) is 0 Å². The lowest BCUT2D eigenvalue weighted by Gasteiger charge is -2.22. The van der Waals surface area contributed by atoms with Gasteiger partial charge in [0, 0.05) is 32.0 Å². The molecule has 0 saturated carbocycles. The molecule has 1 unspecified atom stereocenters. The van der Waals surface area contributed by atoms with Crippen LogP contribution in [-0.2, 0) is 18.4 Å². The van der Waals surface area contributed by atoms with Crippen molar-refractivity contribution in [2.24, 2.45) is 7.05 Å². The normalized spacial score (nSPS) is 18.0. The van der Waals surface area contributed by atoms with Crippen LogP contribution in [0.4, 0.5) is 5.69 Å². The van der Waals surface area contributed by atoms with E-state index < -0.39 is 0 Å². The minimum atomic E-state index is -0.120. The van der Waals surface area contributed by atoms with E-state index in [1.54, 1.807) is 6.20 Å². The first kappa shape index (κ1) is 15.7. The van der Waals surface area contributed by atoms with E-state index >= 15 is 0 Å². The number of hydrogen-bond acceptors (Lipinski definition) is 3. The Morgan fingerprint density at radius 2 is 1.96 bits per heavy atom. The number of anilines is 1. The molecule has 1 fully saturated rings. The van der Waals surface area contributed by atoms with Gasteiger partial charge >= 0.3 is 0 Å². The molecule has 23 heavy (non-hydrogen) atoms. The summed E-state index contributed by atoms with van der Waals surface area (Å²) in [4.78, 5) is 14.7. The summed E-state index contributed by atoms with van der Waals surface area (Å²) in [6.07, 6.45) is 2.61. The van der Waals surface area contributed by atoms with Crippen molar-refractivity contribution in [3.63, 3.8) is 0 Å². The average molecular weight is 312 g/mol. The highest BCUT2D eigenvalue weighted by Crippen LogP contribution is 2.30. The Hall–Kier alpha value is -2.14. The molecule has 1 aliphatic rings. The molecule has 1 N–H and O–H groups in total. The molecule has 0 bridgehead atoms. The van der Waals surface area contributed by atoms with Crippen LogP contribution < -0.4 is 10.2 Å². The second kappa shape index (κ2) is 6.16. The zero-order chi connectivity index (χ0) is 16.6. The van der Waals surface area contributed by atoms with Gasteiger partial charge in [-0.2, -0.15) is 5.10 Å². The molecule has 1 aromatic heterocycles. The van der Waals surface area contributed by atoms with E-state index in [0.717, 1.165) is 24.3 Å². The highest BCUT2D eigenvalue weighted by Gasteiger charge is 2.33. The van der Waals surface area contributed by atoms with Crippen molar-refractivity contribution >= 4 is 11.6 Å². The molecule has 1 amide bonds. The lowest BCUT2D eigenvalue weighted by atomic mass is 10.0. The van der Waals surface area contributed by atoms with Crippen LogP contribution in [-0.4, -0.2) is 28.3 Å². The maximum atomic E-state index is 12.8. The summed E-state index contributed by atoms with van der Waals surface area (Å²) in [6.45, 7) is 7.69. The van der Waals surface area contributed by atoms with E-state index in [9.17, 15) is 4.79 Å². The van der Waals surface area contributed by atoms with Gasteiger partial charge in [-0.25, -0.2) is 0 Å². The van der Waals surface area contributed by atoms with Gasteiger partial charge in [-0.1, -0.05) is 17.7 Å². The second-order valence-corrected chi connectivity index (χ2v) is 6.41. The highest BCUT2D eigenvalue weighted by atomic mass is 16.2. The van der Waals surface area contributed by atoms with E-state index in [1.807, 2.05) is 22.7 Å². The van der Waals surface area contributed by atoms with Crippen molar-refractivity contribution in [1.82, 2.24) is 15.1 Å². The van der Waals surface area contributed by atoms with E-state index in [1.165, 1.54) is 16.7 Å². The number of carbonyl (C=O) groups is 1. The Bertz CT molecular complexity index is 711. The topological polar surface area (TPSA) is 50.2 Å². The quantitative estimate of drug-likeness (QED) is 0.942. The van der Waals surface area contributed by atoms with Crippen LogP contribution in [0, 0.1) is 20.8 Å². The first-order valence-electron chi connectivity index (χ1n) is 8.07. The van der Waals surface area contributed by atoms with Crippen molar-refractivity contribution in [2.45, 2.75) is 39.8 Å². The summed E-state index contributed by atoms with van der Waals surface area (Å²) in [5.41, 5.74) is 5.73. The van der Waals surface area contributed by atoms with Crippen LogP contribution in [0.5, 0.6) is 0 Å². The zero-order valence-electron chi connectivity index (χ0n) is 14.3. The summed E-state index contributed by atoms with van der Waals surface area (Å²) in [5.74, 6) is 0.169. The second-order valence-electron chi connectivity index (χ2n) is 6.41. The van der Waals surface area contributed by atoms with Gasteiger partial charge in [0.15, 0.2) is 0 Å². The van der Waals surface area contributed by atoms with Crippen LogP contribution in [0.1, 0.15) is 28.8 Å². The number of aryl methyl sites for hydroxylation is 4. The zero-order valence-corrected chi connectivity index (χ0v) is 14.3. The molecule has 2 aromatic rings. The third kappa shape index (κ3) is 3.01. The van der Waals surface area contributed by atoms with Crippen LogP contribution >= 0.6 is 0 Å². The number of benzene rings is 1. The third-order valence-electron chi connectivity index (χ3n) is 4.56. The summed E-state index contributed by atoms with van der Waals surface area (Å²) in [5, 5.41) is 7.53. The fourth-order valence-corrected chi connectivity index (χ4v) is 3.49. The van der Waals surface area contributed by atoms with Crippen molar-refractivity contribution in [2.75, 3.05) is 11.4 Å². The van der Waals surface area contributed by atoms with Gasteiger partial charge in [0.05, 0.1) is 11.7 Å². The molecule has 1 aromatic carbocycles. The van der Waals surface area contributed by atoms with E-state index in [0.29, 0.717) is 6.54 Å². The number of aromatic nitrogens is 2. The number of carbonyl (C=O) groups excluding carboxylic acids is 1. The average Bonchev–Trinajstić information content (AvgIpc) is 3.03. The number of hydrogen-bond donors (Lipinski definition) is 1. The molecule has 0 radical (unpaired) electrons. The van der Waals surface area contributed by atoms with Gasteiger partial charge in [-0.05, 0) is 44.4 Å². The highest BCUT2D eigenvalue weighted by molar-refractivity contribution is 6.00. The molecule has 5 heteroatoms. The lowest BCUT2D eigenvalue weighted by Crippen LogP contribution is -2.38. The minimum absolute atomic E-state index is 0.120. The van der Waals surface area contributed by atoms with Gasteiger partial charge in [0.2, 0.25) is 5.91 Å². The number of nitrogens with zero attached hydrogens (tertiary/aromatic N) is 3. The standard InChI is InChI=1S/C18H24N4O/c1-12-9-13(2)17(14(3)10-12)22-8-6-16(18(22)23)19-11-15-5-7-20-21(15)4/h5,7,9-10,16,19H,6,8,11H2,1-4H3. The van der Waals surface area contributed by atoms with Crippen LogP contribution in [0.3, 0.4) is 0 Å². The lowest BCUT2D eigenvalue weighted by molar-refractivity contribution is -0.118. The molecule has 122 valence electrons. The van der Waals surface area contributed by atoms with Crippen molar-refractivity contribution in [3.8, 4) is 0 Å². The molecule has 0 aliphatic carbocycles. The predicted octanol–water partition coefficient (Wildman–Crippen LogP) is 2.24. The number of rotatable bonds is 4. The third-order valence-corrected chi connectivity index (χ3v) is 4.56. The number of nitrogens with one attached hydrogen (secondary N) is 1. The molecular weight excluding hydrogens is 288 g/mol. The minimum Gasteiger partial charge on any atom is -0.310 e. The molecule has 1 atom stereocenters. The van der Waals surface area contributed by atoms with Crippen LogP contribution in [0.25, 0.3) is 0 Å². The smallest absolute Gasteiger partial charge is 0.244 e. The molecule has 3 rings (SSSR count). The van der Waals surface area contributed by atoms with Gasteiger partial charge in [-0.3, -0.25) is 9.48 Å². The summed E-state index contributed by atoms with van der Waals surface area (Å²) >= 11 is 0. The van der Waals surface area contributed by atoms with Gasteiger partial charge < -0.3 is 10.2 Å². The Labute approximate surface area is 137 Å². The van der Waals surface area contributed by atoms with Crippen LogP contribution in [0.15, 0.2) is 24.4 Å². The van der Waals surface area contributed by atoms with E-state index in [2.05, 4.69) is 43.3 Å².